The molecule has 2 amide bonds. The van der Waals surface area contributed by atoms with Gasteiger partial charge in [-0.1, -0.05) is 83.9 Å². The van der Waals surface area contributed by atoms with Crippen LogP contribution in [0.5, 0.6) is 5.75 Å². The predicted molar refractivity (Wildman–Crippen MR) is 169 cm³/mol. The second kappa shape index (κ2) is 14.4. The van der Waals surface area contributed by atoms with Crippen molar-refractivity contribution in [1.82, 2.24) is 10.2 Å². The number of carbonyl (C=O) groups is 2. The van der Waals surface area contributed by atoms with Crippen molar-refractivity contribution in [2.45, 2.75) is 23.9 Å². The first-order chi connectivity index (χ1) is 20.6. The number of carbonyl (C=O) groups excluding carboxylic acids is 2. The van der Waals surface area contributed by atoms with E-state index in [9.17, 15) is 18.0 Å². The Kier molecular flexibility index (Phi) is 10.7. The summed E-state index contributed by atoms with van der Waals surface area (Å²) in [6, 6.07) is 27.5. The molecule has 0 bridgehead atoms. The number of amides is 2. The van der Waals surface area contributed by atoms with Crippen LogP contribution in [0.3, 0.4) is 0 Å². The van der Waals surface area contributed by atoms with Crippen LogP contribution in [0.25, 0.3) is 0 Å². The van der Waals surface area contributed by atoms with Gasteiger partial charge in [0.15, 0.2) is 0 Å². The van der Waals surface area contributed by atoms with Crippen LogP contribution in [0.1, 0.15) is 11.1 Å². The summed E-state index contributed by atoms with van der Waals surface area (Å²) >= 11 is 12.6. The fourth-order valence-corrected chi connectivity index (χ4v) is 6.50. The van der Waals surface area contributed by atoms with Crippen molar-refractivity contribution in [3.05, 3.63) is 124 Å². The Bertz CT molecular complexity index is 1670. The minimum atomic E-state index is -4.24. The van der Waals surface area contributed by atoms with Gasteiger partial charge in [-0.25, -0.2) is 8.42 Å². The number of nitrogens with one attached hydrogen (secondary N) is 1. The van der Waals surface area contributed by atoms with E-state index < -0.39 is 34.4 Å². The first-order valence-corrected chi connectivity index (χ1v) is 15.5. The van der Waals surface area contributed by atoms with Crippen LogP contribution in [0.4, 0.5) is 5.69 Å². The molecule has 11 heteroatoms. The zero-order valence-electron chi connectivity index (χ0n) is 23.6. The largest absolute Gasteiger partial charge is 0.495 e. The van der Waals surface area contributed by atoms with Crippen LogP contribution >= 0.6 is 23.2 Å². The van der Waals surface area contributed by atoms with E-state index in [2.05, 4.69) is 5.32 Å². The van der Waals surface area contributed by atoms with Gasteiger partial charge in [-0.2, -0.15) is 0 Å². The molecule has 224 valence electrons. The van der Waals surface area contributed by atoms with Crippen molar-refractivity contribution in [3.8, 4) is 5.75 Å². The van der Waals surface area contributed by atoms with E-state index in [0.29, 0.717) is 16.3 Å². The van der Waals surface area contributed by atoms with E-state index >= 15 is 0 Å². The smallest absolute Gasteiger partial charge is 0.264 e. The molecule has 1 N–H and O–H groups in total. The summed E-state index contributed by atoms with van der Waals surface area (Å²) < 4.78 is 34.2. The summed E-state index contributed by atoms with van der Waals surface area (Å²) in [6.45, 7) is -0.602. The maximum atomic E-state index is 14.3. The second-order valence-electron chi connectivity index (χ2n) is 9.61. The van der Waals surface area contributed by atoms with Crippen LogP contribution in [-0.4, -0.2) is 51.9 Å². The van der Waals surface area contributed by atoms with Crippen LogP contribution < -0.4 is 14.4 Å². The van der Waals surface area contributed by atoms with Gasteiger partial charge >= 0.3 is 0 Å². The Labute approximate surface area is 261 Å². The van der Waals surface area contributed by atoms with Gasteiger partial charge in [0.1, 0.15) is 18.3 Å². The maximum absolute atomic E-state index is 14.3. The third-order valence-electron chi connectivity index (χ3n) is 6.79. The van der Waals surface area contributed by atoms with Gasteiger partial charge in [0, 0.05) is 25.0 Å². The van der Waals surface area contributed by atoms with Gasteiger partial charge in [0.2, 0.25) is 11.8 Å². The molecule has 1 atom stereocenters. The van der Waals surface area contributed by atoms with Crippen molar-refractivity contribution in [3.63, 3.8) is 0 Å². The Morgan fingerprint density at radius 3 is 2.12 bits per heavy atom. The molecule has 0 fully saturated rings. The number of anilines is 1. The van der Waals surface area contributed by atoms with E-state index in [1.54, 1.807) is 42.5 Å². The number of halogens is 2. The summed E-state index contributed by atoms with van der Waals surface area (Å²) in [5.41, 5.74) is 1.66. The van der Waals surface area contributed by atoms with Crippen LogP contribution in [0.15, 0.2) is 108 Å². The number of benzene rings is 4. The number of ether oxygens (including phenoxy) is 1. The van der Waals surface area contributed by atoms with E-state index in [1.165, 1.54) is 49.4 Å². The summed E-state index contributed by atoms with van der Waals surface area (Å²) in [6.07, 6.45) is 0.201. The van der Waals surface area contributed by atoms with Crippen LogP contribution in [0.2, 0.25) is 10.0 Å². The molecule has 0 radical (unpaired) electrons. The monoisotopic (exact) mass is 639 g/mol. The molecule has 0 aliphatic heterocycles. The topological polar surface area (TPSA) is 96.0 Å². The quantitative estimate of drug-likeness (QED) is 0.218. The van der Waals surface area contributed by atoms with Crippen molar-refractivity contribution >= 4 is 50.7 Å². The molecule has 43 heavy (non-hydrogen) atoms. The minimum Gasteiger partial charge on any atom is -0.495 e. The maximum Gasteiger partial charge on any atom is 0.264 e. The molecule has 0 aromatic heterocycles. The van der Waals surface area contributed by atoms with Gasteiger partial charge in [-0.15, -0.1) is 0 Å². The van der Waals surface area contributed by atoms with Crippen molar-refractivity contribution in [2.24, 2.45) is 0 Å². The van der Waals surface area contributed by atoms with Gasteiger partial charge in [-0.05, 0) is 53.6 Å². The second-order valence-corrected chi connectivity index (χ2v) is 12.3. The number of nitrogens with zero attached hydrogens (tertiary/aromatic N) is 2. The molecule has 4 rings (SSSR count). The highest BCUT2D eigenvalue weighted by Gasteiger charge is 2.34. The average Bonchev–Trinajstić information content (AvgIpc) is 3.02. The third kappa shape index (κ3) is 7.87. The number of hydrogen-bond donors (Lipinski definition) is 1. The lowest BCUT2D eigenvalue weighted by molar-refractivity contribution is -0.139. The number of sulfonamides is 1. The highest BCUT2D eigenvalue weighted by Crippen LogP contribution is 2.32. The molecule has 4 aromatic rings. The standard InChI is InChI=1S/C32H31Cl2N3O5S/c1-35-32(39)29(19-23-10-5-3-6-11-23)36(21-24-12-9-13-25(33)18-24)31(38)22-37(26-16-17-30(42-2)28(34)20-26)43(40,41)27-14-7-4-8-15-27/h3-18,20,29H,19,21-22H2,1-2H3,(H,35,39)/t29-/m1/s1. The SMILES string of the molecule is CNC(=O)[C@@H](Cc1ccccc1)N(Cc1cccc(Cl)c1)C(=O)CN(c1ccc(OC)c(Cl)c1)S(=O)(=O)c1ccccc1. The molecule has 8 nitrogen and oxygen atoms in total. The van der Waals surface area contributed by atoms with E-state index in [-0.39, 0.29) is 28.6 Å². The summed E-state index contributed by atoms with van der Waals surface area (Å²) in [5.74, 6) is -0.654. The summed E-state index contributed by atoms with van der Waals surface area (Å²) in [4.78, 5) is 29.0. The van der Waals surface area contributed by atoms with Gasteiger partial charge < -0.3 is 15.0 Å². The van der Waals surface area contributed by atoms with Crippen molar-refractivity contribution in [2.75, 3.05) is 25.0 Å². The summed E-state index contributed by atoms with van der Waals surface area (Å²) in [7, 11) is -1.30. The molecular formula is C32H31Cl2N3O5S. The van der Waals surface area contributed by atoms with Gasteiger partial charge in [0.25, 0.3) is 10.0 Å². The Hall–Kier alpha value is -4.05. The van der Waals surface area contributed by atoms with Crippen LogP contribution in [0, 0.1) is 0 Å². The minimum absolute atomic E-state index is 0.00685. The molecule has 0 unspecified atom stereocenters. The van der Waals surface area contributed by atoms with E-state index in [1.807, 2.05) is 30.3 Å². The van der Waals surface area contributed by atoms with E-state index in [4.69, 9.17) is 27.9 Å². The van der Waals surface area contributed by atoms with E-state index in [0.717, 1.165) is 9.87 Å². The lowest BCUT2D eigenvalue weighted by Crippen LogP contribution is -2.53. The fourth-order valence-electron chi connectivity index (χ4n) is 4.61. The first kappa shape index (κ1) is 31.9. The lowest BCUT2D eigenvalue weighted by atomic mass is 10.0. The van der Waals surface area contributed by atoms with Gasteiger partial charge in [-0.3, -0.25) is 13.9 Å². The number of likely N-dealkylation sites (N-methyl/N-ethyl adjacent to an activating group) is 1. The van der Waals surface area contributed by atoms with Crippen molar-refractivity contribution in [1.29, 1.82) is 0 Å². The first-order valence-electron chi connectivity index (χ1n) is 13.3. The molecular weight excluding hydrogens is 609 g/mol. The molecule has 0 spiro atoms. The number of hydrogen-bond acceptors (Lipinski definition) is 5. The molecule has 0 aliphatic carbocycles. The highest BCUT2D eigenvalue weighted by molar-refractivity contribution is 7.92. The zero-order chi connectivity index (χ0) is 31.0. The molecule has 0 saturated heterocycles. The average molecular weight is 641 g/mol. The lowest BCUT2D eigenvalue weighted by Gasteiger charge is -2.33. The zero-order valence-corrected chi connectivity index (χ0v) is 25.9. The van der Waals surface area contributed by atoms with Crippen molar-refractivity contribution < 1.29 is 22.7 Å². The molecule has 4 aromatic carbocycles. The Morgan fingerprint density at radius 1 is 0.860 bits per heavy atom. The molecule has 0 heterocycles. The Morgan fingerprint density at radius 2 is 1.51 bits per heavy atom. The molecule has 0 aliphatic rings. The van der Waals surface area contributed by atoms with Gasteiger partial charge in [0.05, 0.1) is 22.7 Å². The molecule has 0 saturated carbocycles. The van der Waals surface area contributed by atoms with Crippen LogP contribution in [-0.2, 0) is 32.6 Å². The summed E-state index contributed by atoms with van der Waals surface area (Å²) in [5, 5.41) is 3.29. The normalized spacial score (nSPS) is 11.8. The number of methoxy groups -OCH3 is 1. The highest BCUT2D eigenvalue weighted by atomic mass is 35.5. The third-order valence-corrected chi connectivity index (χ3v) is 9.11. The predicted octanol–water partition coefficient (Wildman–Crippen LogP) is 5.58. The Balaban J connectivity index is 1.80. The fraction of sp³-hybridized carbons (Fsp3) is 0.188. The number of rotatable bonds is 12.